The number of para-hydroxylation sites is 1. The Morgan fingerprint density at radius 2 is 1.70 bits per heavy atom. The highest BCUT2D eigenvalue weighted by Gasteiger charge is 2.23. The molecule has 3 aromatic carbocycles. The van der Waals surface area contributed by atoms with Crippen LogP contribution < -0.4 is 14.4 Å². The van der Waals surface area contributed by atoms with E-state index in [1.165, 1.54) is 50.6 Å². The van der Waals surface area contributed by atoms with Crippen molar-refractivity contribution in [2.75, 3.05) is 23.8 Å². The summed E-state index contributed by atoms with van der Waals surface area (Å²) in [5, 5.41) is 2.51. The van der Waals surface area contributed by atoms with Gasteiger partial charge in [-0.05, 0) is 67.1 Å². The van der Waals surface area contributed by atoms with Crippen LogP contribution in [-0.2, 0) is 10.0 Å². The van der Waals surface area contributed by atoms with Crippen LogP contribution in [0.1, 0.15) is 15.9 Å². The van der Waals surface area contributed by atoms with Gasteiger partial charge >= 0.3 is 0 Å². The predicted octanol–water partition coefficient (Wildman–Crippen LogP) is 4.22. The number of amides is 1. The molecule has 0 spiro atoms. The summed E-state index contributed by atoms with van der Waals surface area (Å²) in [5.74, 6) is -0.474. The molecule has 0 unspecified atom stereocenters. The van der Waals surface area contributed by atoms with Gasteiger partial charge in [-0.1, -0.05) is 12.1 Å². The van der Waals surface area contributed by atoms with E-state index in [1.807, 2.05) is 0 Å². The van der Waals surface area contributed by atoms with Gasteiger partial charge in [0.05, 0.1) is 23.4 Å². The monoisotopic (exact) mass is 428 g/mol. The zero-order valence-electron chi connectivity index (χ0n) is 16.7. The molecular weight excluding hydrogens is 407 g/mol. The summed E-state index contributed by atoms with van der Waals surface area (Å²) < 4.78 is 45.9. The van der Waals surface area contributed by atoms with Gasteiger partial charge in [0.1, 0.15) is 11.6 Å². The number of anilines is 2. The van der Waals surface area contributed by atoms with Crippen molar-refractivity contribution < 1.29 is 22.3 Å². The van der Waals surface area contributed by atoms with Crippen LogP contribution in [0.25, 0.3) is 0 Å². The van der Waals surface area contributed by atoms with Gasteiger partial charge in [-0.2, -0.15) is 0 Å². The summed E-state index contributed by atoms with van der Waals surface area (Å²) in [6.45, 7) is 1.70. The molecule has 0 atom stereocenters. The third kappa shape index (κ3) is 4.28. The molecule has 0 aromatic heterocycles. The van der Waals surface area contributed by atoms with E-state index >= 15 is 0 Å². The molecule has 0 aliphatic carbocycles. The van der Waals surface area contributed by atoms with Crippen LogP contribution in [0.2, 0.25) is 0 Å². The highest BCUT2D eigenvalue weighted by atomic mass is 32.2. The maximum atomic E-state index is 13.8. The third-order valence-corrected chi connectivity index (χ3v) is 6.42. The van der Waals surface area contributed by atoms with Crippen molar-refractivity contribution >= 4 is 27.3 Å². The first kappa shape index (κ1) is 21.3. The van der Waals surface area contributed by atoms with E-state index in [2.05, 4.69) is 5.32 Å². The Morgan fingerprint density at radius 1 is 1.03 bits per heavy atom. The number of methoxy groups -OCH3 is 1. The van der Waals surface area contributed by atoms with Crippen molar-refractivity contribution in [3.63, 3.8) is 0 Å². The number of hydrogen-bond acceptors (Lipinski definition) is 4. The Bertz CT molecular complexity index is 1180. The average Bonchev–Trinajstić information content (AvgIpc) is 2.74. The van der Waals surface area contributed by atoms with Gasteiger partial charge < -0.3 is 10.1 Å². The SMILES string of the molecule is COc1ccc(S(=O)(=O)N(C)c2ccc(C(=O)Nc3ccccc3F)cc2C)cc1. The van der Waals surface area contributed by atoms with Crippen molar-refractivity contribution in [3.8, 4) is 5.75 Å². The fraction of sp³-hybridized carbons (Fsp3) is 0.136. The number of ether oxygens (including phenoxy) is 1. The van der Waals surface area contributed by atoms with Gasteiger partial charge in [-0.3, -0.25) is 9.10 Å². The first-order valence-corrected chi connectivity index (χ1v) is 10.5. The lowest BCUT2D eigenvalue weighted by atomic mass is 10.1. The summed E-state index contributed by atoms with van der Waals surface area (Å²) in [4.78, 5) is 12.6. The fourth-order valence-corrected chi connectivity index (χ4v) is 4.20. The van der Waals surface area contributed by atoms with E-state index in [0.29, 0.717) is 17.0 Å². The first-order valence-electron chi connectivity index (χ1n) is 9.03. The largest absolute Gasteiger partial charge is 0.497 e. The topological polar surface area (TPSA) is 75.7 Å². The van der Waals surface area contributed by atoms with Crippen LogP contribution in [0.3, 0.4) is 0 Å². The molecule has 6 nitrogen and oxygen atoms in total. The maximum Gasteiger partial charge on any atom is 0.264 e. The molecule has 0 heterocycles. The van der Waals surface area contributed by atoms with Crippen molar-refractivity contribution in [2.24, 2.45) is 0 Å². The van der Waals surface area contributed by atoms with Crippen LogP contribution in [-0.4, -0.2) is 28.5 Å². The minimum absolute atomic E-state index is 0.0726. The van der Waals surface area contributed by atoms with Crippen LogP contribution >= 0.6 is 0 Å². The van der Waals surface area contributed by atoms with Crippen molar-refractivity contribution in [3.05, 3.63) is 83.7 Å². The van der Waals surface area contributed by atoms with Crippen molar-refractivity contribution in [2.45, 2.75) is 11.8 Å². The molecule has 0 bridgehead atoms. The van der Waals surface area contributed by atoms with Crippen LogP contribution in [0.15, 0.2) is 71.6 Å². The number of nitrogens with zero attached hydrogens (tertiary/aromatic N) is 1. The number of sulfonamides is 1. The second kappa shape index (κ2) is 8.54. The summed E-state index contributed by atoms with van der Waals surface area (Å²) >= 11 is 0. The molecule has 0 saturated carbocycles. The van der Waals surface area contributed by atoms with E-state index in [0.717, 1.165) is 4.31 Å². The molecule has 30 heavy (non-hydrogen) atoms. The van der Waals surface area contributed by atoms with E-state index < -0.39 is 21.7 Å². The highest BCUT2D eigenvalue weighted by molar-refractivity contribution is 7.92. The van der Waals surface area contributed by atoms with E-state index in [1.54, 1.807) is 37.3 Å². The smallest absolute Gasteiger partial charge is 0.264 e. The molecule has 156 valence electrons. The number of aryl methyl sites for hydroxylation is 1. The van der Waals surface area contributed by atoms with Crippen LogP contribution in [0, 0.1) is 12.7 Å². The standard InChI is InChI=1S/C22H21FN2O4S/c1-15-14-16(22(26)24-20-7-5-4-6-19(20)23)8-13-21(15)25(2)30(27,28)18-11-9-17(29-3)10-12-18/h4-14H,1-3H3,(H,24,26). The summed E-state index contributed by atoms with van der Waals surface area (Å²) in [7, 11) is -0.851. The molecule has 0 aliphatic rings. The van der Waals surface area contributed by atoms with E-state index in [4.69, 9.17) is 4.74 Å². The molecule has 1 N–H and O–H groups in total. The second-order valence-electron chi connectivity index (χ2n) is 6.58. The summed E-state index contributed by atoms with van der Waals surface area (Å²) in [6, 6.07) is 16.6. The number of rotatable bonds is 6. The third-order valence-electron chi connectivity index (χ3n) is 4.64. The quantitative estimate of drug-likeness (QED) is 0.638. The van der Waals surface area contributed by atoms with Gasteiger partial charge in [0, 0.05) is 12.6 Å². The lowest BCUT2D eigenvalue weighted by Crippen LogP contribution is -2.27. The van der Waals surface area contributed by atoms with Gasteiger partial charge in [0.2, 0.25) is 0 Å². The van der Waals surface area contributed by atoms with Gasteiger partial charge in [0.25, 0.3) is 15.9 Å². The van der Waals surface area contributed by atoms with Crippen molar-refractivity contribution in [1.82, 2.24) is 0 Å². The lowest BCUT2D eigenvalue weighted by Gasteiger charge is -2.22. The molecule has 0 radical (unpaired) electrons. The number of halogens is 1. The van der Waals surface area contributed by atoms with Crippen LogP contribution in [0.4, 0.5) is 15.8 Å². The Labute approximate surface area is 175 Å². The number of benzene rings is 3. The number of carbonyl (C=O) groups excluding carboxylic acids is 1. The van der Waals surface area contributed by atoms with Crippen LogP contribution in [0.5, 0.6) is 5.75 Å². The Hall–Kier alpha value is -3.39. The molecule has 0 aliphatic heterocycles. The Kier molecular flexibility index (Phi) is 6.07. The zero-order chi connectivity index (χ0) is 21.9. The lowest BCUT2D eigenvalue weighted by molar-refractivity contribution is 0.102. The summed E-state index contributed by atoms with van der Waals surface area (Å²) in [5.41, 5.74) is 1.36. The zero-order valence-corrected chi connectivity index (χ0v) is 17.5. The normalized spacial score (nSPS) is 11.1. The number of hydrogen-bond donors (Lipinski definition) is 1. The highest BCUT2D eigenvalue weighted by Crippen LogP contribution is 2.27. The Morgan fingerprint density at radius 3 is 2.30 bits per heavy atom. The molecule has 3 rings (SSSR count). The number of nitrogens with one attached hydrogen (secondary N) is 1. The summed E-state index contributed by atoms with van der Waals surface area (Å²) in [6.07, 6.45) is 0. The first-order chi connectivity index (χ1) is 14.2. The van der Waals surface area contributed by atoms with Gasteiger partial charge in [0.15, 0.2) is 0 Å². The molecule has 0 fully saturated rings. The van der Waals surface area contributed by atoms with Crippen molar-refractivity contribution in [1.29, 1.82) is 0 Å². The van der Waals surface area contributed by atoms with Gasteiger partial charge in [-0.15, -0.1) is 0 Å². The van der Waals surface area contributed by atoms with E-state index in [-0.39, 0.29) is 16.1 Å². The van der Waals surface area contributed by atoms with Gasteiger partial charge in [-0.25, -0.2) is 12.8 Å². The molecule has 8 heteroatoms. The van der Waals surface area contributed by atoms with E-state index in [9.17, 15) is 17.6 Å². The molecular formula is C22H21FN2O4S. The second-order valence-corrected chi connectivity index (χ2v) is 8.55. The number of carbonyl (C=O) groups is 1. The Balaban J connectivity index is 1.85. The minimum atomic E-state index is -3.80. The predicted molar refractivity (Wildman–Crippen MR) is 114 cm³/mol. The molecule has 3 aromatic rings. The average molecular weight is 428 g/mol. The fourth-order valence-electron chi connectivity index (χ4n) is 2.94. The minimum Gasteiger partial charge on any atom is -0.497 e. The molecule has 0 saturated heterocycles. The maximum absolute atomic E-state index is 13.8. The molecule has 1 amide bonds.